The molecule has 1 aliphatic heterocycles. The van der Waals surface area contributed by atoms with E-state index in [4.69, 9.17) is 10.7 Å². The number of allylic oxidation sites excluding steroid dienone is 3. The number of imidazole rings is 1. The molecule has 2 heterocycles. The average molecular weight is 1070 g/mol. The van der Waals surface area contributed by atoms with Crippen LogP contribution in [0.25, 0.3) is 0 Å². The number of aliphatic hydroxyl groups excluding tert-OH is 5. The molecule has 12 aliphatic rings. The maximum atomic E-state index is 15.4. The van der Waals surface area contributed by atoms with Gasteiger partial charge in [-0.1, -0.05) is 71.1 Å². The summed E-state index contributed by atoms with van der Waals surface area (Å²) < 4.78 is 2.32. The van der Waals surface area contributed by atoms with Gasteiger partial charge in [0.2, 0.25) is 0 Å². The predicted octanol–water partition coefficient (Wildman–Crippen LogP) is 6.81. The summed E-state index contributed by atoms with van der Waals surface area (Å²) >= 11 is 0. The number of nitrogens with zero attached hydrogens (tertiary/aromatic N) is 3. The molecule has 0 unspecified atom stereocenters. The van der Waals surface area contributed by atoms with Crippen LogP contribution in [0, 0.1) is 105 Å². The van der Waals surface area contributed by atoms with Crippen LogP contribution >= 0.6 is 21.6 Å². The molecular weight excluding hydrogens is 981 g/mol. The van der Waals surface area contributed by atoms with Crippen LogP contribution in [0.3, 0.4) is 0 Å². The van der Waals surface area contributed by atoms with Gasteiger partial charge in [0.15, 0.2) is 11.7 Å². The minimum atomic E-state index is -1.63. The highest BCUT2D eigenvalue weighted by molar-refractivity contribution is 8.76. The number of nitrogens with one attached hydrogen (secondary N) is 2. The van der Waals surface area contributed by atoms with E-state index in [1.165, 1.54) is 44.1 Å². The molecule has 13 rings (SSSR count). The summed E-state index contributed by atoms with van der Waals surface area (Å²) in [5, 5.41) is 82.7. The molecule has 0 aromatic carbocycles. The number of rotatable bonds is 7. The van der Waals surface area contributed by atoms with Crippen LogP contribution in [0.15, 0.2) is 57.7 Å². The van der Waals surface area contributed by atoms with Gasteiger partial charge in [0.25, 0.3) is 0 Å². The first-order chi connectivity index (χ1) is 35.9. The zero-order chi connectivity index (χ0) is 52.3. The highest BCUT2D eigenvalue weighted by Gasteiger charge is 2.79. The van der Waals surface area contributed by atoms with Crippen molar-refractivity contribution in [2.24, 2.45) is 115 Å². The second-order valence-corrected chi connectivity index (χ2v) is 30.5. The van der Waals surface area contributed by atoms with E-state index in [1.54, 1.807) is 40.5 Å². The first-order valence-electron chi connectivity index (χ1n) is 29.7. The fraction of sp³-hybridized carbons (Fsp3) is 0.817. The van der Waals surface area contributed by atoms with Crippen LogP contribution < -0.4 is 16.4 Å². The fourth-order valence-electron chi connectivity index (χ4n) is 22.8. The Balaban J connectivity index is 1.05. The SMILES string of the molecule is CNC[C@H]1[C@@H](O)[C@@H](O)C[C@]2(C)[C@@H]3C(=CC(=O)[C@H]12)[C@]1(O)[C@H]2CSSC[C@H](n4ccnc4)CC(C)(C)C4=C5C[C@@H]6CC[C@H]7CCC[C@]7(C6)[C@H]5C5=C6[C@H]4[C@@H](O)[C@H]4[C@H](CC[C@@H]([C@@H]3CN=C(N)N[C@@H](C)O)[C@]1(CO)[C@@H]4C2)[C@@H]6CCC5. The van der Waals surface area contributed by atoms with Crippen molar-refractivity contribution in [3.63, 3.8) is 0 Å². The number of hydrogen-bond donors (Lipinski definition) is 9. The molecule has 1 aromatic heterocycles. The Morgan fingerprint density at radius 3 is 2.53 bits per heavy atom. The molecule has 6 bridgehead atoms. The van der Waals surface area contributed by atoms with Crippen LogP contribution in [-0.4, -0.2) is 120 Å². The smallest absolute Gasteiger partial charge is 0.190 e. The number of ketones is 1. The number of nitrogens with two attached hydrogens (primary N) is 1. The van der Waals surface area contributed by atoms with E-state index in [-0.39, 0.29) is 90.1 Å². The van der Waals surface area contributed by atoms with Gasteiger partial charge in [0.1, 0.15) is 6.23 Å². The first-order valence-corrected chi connectivity index (χ1v) is 32.1. The highest BCUT2D eigenvalue weighted by atomic mass is 33.1. The monoisotopic (exact) mass is 1070 g/mol. The number of aliphatic hydroxyl groups is 6. The number of guanidine groups is 1. The van der Waals surface area contributed by atoms with Crippen LogP contribution in [0.1, 0.15) is 130 Å². The average Bonchev–Trinajstić information content (AvgIpc) is 4.19. The molecule has 75 heavy (non-hydrogen) atoms. The first kappa shape index (κ1) is 52.2. The second-order valence-electron chi connectivity index (χ2n) is 27.9. The Bertz CT molecular complexity index is 2550. The van der Waals surface area contributed by atoms with Crippen LogP contribution in [0.5, 0.6) is 0 Å². The van der Waals surface area contributed by atoms with E-state index in [0.717, 1.165) is 50.2 Å². The van der Waals surface area contributed by atoms with Crippen molar-refractivity contribution in [1.29, 1.82) is 0 Å². The summed E-state index contributed by atoms with van der Waals surface area (Å²) in [6.45, 7) is 9.02. The van der Waals surface area contributed by atoms with Gasteiger partial charge in [0, 0.05) is 78.0 Å². The lowest BCUT2D eigenvalue weighted by atomic mass is 9.38. The van der Waals surface area contributed by atoms with E-state index >= 15 is 4.79 Å². The molecule has 1 aromatic rings. The van der Waals surface area contributed by atoms with Crippen molar-refractivity contribution in [3.05, 3.63) is 52.7 Å². The third kappa shape index (κ3) is 7.24. The Morgan fingerprint density at radius 1 is 0.960 bits per heavy atom. The lowest BCUT2D eigenvalue weighted by Crippen LogP contribution is -2.71. The van der Waals surface area contributed by atoms with Crippen LogP contribution in [0.4, 0.5) is 0 Å². The Hall–Kier alpha value is -2.21. The summed E-state index contributed by atoms with van der Waals surface area (Å²) in [5.41, 5.74) is 10.2. The molecule has 9 fully saturated rings. The van der Waals surface area contributed by atoms with Crippen molar-refractivity contribution < 1.29 is 35.4 Å². The molecule has 0 radical (unpaired) electrons. The van der Waals surface area contributed by atoms with E-state index in [2.05, 4.69) is 47.2 Å². The summed E-state index contributed by atoms with van der Waals surface area (Å²) in [5.74, 6) is 0.423. The minimum Gasteiger partial charge on any atom is -0.396 e. The van der Waals surface area contributed by atoms with Crippen molar-refractivity contribution in [2.45, 2.75) is 160 Å². The van der Waals surface area contributed by atoms with E-state index in [0.29, 0.717) is 48.0 Å². The second kappa shape index (κ2) is 18.7. The number of carbonyl (C=O) groups excluding carboxylic acids is 1. The third-order valence-corrected chi connectivity index (χ3v) is 27.1. The molecule has 8 saturated carbocycles. The summed E-state index contributed by atoms with van der Waals surface area (Å²) in [4.78, 5) is 25.1. The molecule has 10 N–H and O–H groups in total. The van der Waals surface area contributed by atoms with Crippen molar-refractivity contribution in [2.75, 3.05) is 38.2 Å². The molecule has 13 nitrogen and oxygen atoms in total. The molecule has 412 valence electrons. The van der Waals surface area contributed by atoms with Gasteiger partial charge in [-0.15, -0.1) is 0 Å². The van der Waals surface area contributed by atoms with Crippen molar-refractivity contribution in [1.82, 2.24) is 20.2 Å². The Morgan fingerprint density at radius 2 is 1.77 bits per heavy atom. The number of fused-ring (bicyclic) bond motifs is 10. The predicted molar refractivity (Wildman–Crippen MR) is 293 cm³/mol. The quantitative estimate of drug-likeness (QED) is 0.0452. The van der Waals surface area contributed by atoms with Gasteiger partial charge in [-0.25, -0.2) is 4.98 Å². The fourth-order valence-corrected chi connectivity index (χ4v) is 25.5. The van der Waals surface area contributed by atoms with Gasteiger partial charge in [-0.3, -0.25) is 9.79 Å². The normalized spacial score (nSPS) is 49.9. The van der Waals surface area contributed by atoms with Gasteiger partial charge in [0.05, 0.1) is 36.8 Å². The topological polar surface area (TPSA) is 219 Å². The lowest BCUT2D eigenvalue weighted by Gasteiger charge is -2.67. The van der Waals surface area contributed by atoms with Crippen LogP contribution in [-0.2, 0) is 4.79 Å². The zero-order valence-electron chi connectivity index (χ0n) is 45.2. The number of aliphatic imine (C=N–C) groups is 1. The minimum absolute atomic E-state index is 0.102. The van der Waals surface area contributed by atoms with Crippen LogP contribution in [0.2, 0.25) is 0 Å². The van der Waals surface area contributed by atoms with E-state index in [9.17, 15) is 30.6 Å². The molecule has 11 aliphatic carbocycles. The lowest BCUT2D eigenvalue weighted by molar-refractivity contribution is -0.215. The van der Waals surface area contributed by atoms with E-state index in [1.807, 2.05) is 30.4 Å². The summed E-state index contributed by atoms with van der Waals surface area (Å²) in [7, 11) is 5.49. The van der Waals surface area contributed by atoms with Crippen molar-refractivity contribution in [3.8, 4) is 0 Å². The summed E-state index contributed by atoms with van der Waals surface area (Å²) in [6.07, 6.45) is 19.6. The van der Waals surface area contributed by atoms with Gasteiger partial charge in [-0.05, 0) is 185 Å². The molecule has 23 atom stereocenters. The highest BCUT2D eigenvalue weighted by Crippen LogP contribution is 2.79. The van der Waals surface area contributed by atoms with Gasteiger partial charge < -0.3 is 51.6 Å². The maximum absolute atomic E-state index is 15.4. The van der Waals surface area contributed by atoms with Crippen molar-refractivity contribution >= 4 is 33.3 Å². The molecular formula is C60H88N6O7S2. The summed E-state index contributed by atoms with van der Waals surface area (Å²) in [6, 6.07) is 0.140. The third-order valence-electron chi connectivity index (χ3n) is 24.5. The largest absolute Gasteiger partial charge is 0.396 e. The Labute approximate surface area is 453 Å². The zero-order valence-corrected chi connectivity index (χ0v) is 46.9. The standard InChI is InChI=1S/C60H88N6O7S2/c1-30(68)65-55(61)64-25-39-41-14-13-36-35-9-6-10-37-46(35)48-52(38-18-31-11-12-32-8-7-15-58(32,21-31)49(37)38)56(2,3)22-34(66-17-16-63-29-66)27-75-74-26-33-19-42(47(36)54(48)72)59(41,28-67)60(33,73)43-20-44(69)51-40(24-62-5)53(71)45(70)23-57(51,4)50(39)43/h16-17,20,29-36,39-42,45,47-51,53-54,62,67-68,70-73H,6-15,18-19,21-28H2,1-5H3,(H3,61,64,65)/t30-,31+,32-,33-,34-,35+,36-,39+,40-,41+,42-,45+,47+,48-,49+,50+,51+,53-,54+,57-,58-,59-,60-/m1/s1. The number of carbonyl (C=O) groups is 1. The van der Waals surface area contributed by atoms with Gasteiger partial charge >= 0.3 is 0 Å². The molecule has 15 heteroatoms. The number of aromatic nitrogens is 2. The van der Waals surface area contributed by atoms with Gasteiger partial charge in [-0.2, -0.15) is 0 Å². The maximum Gasteiger partial charge on any atom is 0.190 e. The molecule has 0 amide bonds. The molecule has 1 saturated heterocycles. The number of hydrogen-bond acceptors (Lipinski definition) is 12. The molecule has 1 spiro atoms. The van der Waals surface area contributed by atoms with E-state index < -0.39 is 58.7 Å². The Kier molecular flexibility index (Phi) is 13.0.